The Labute approximate surface area is 269 Å². The highest BCUT2D eigenvalue weighted by molar-refractivity contribution is 6.16. The summed E-state index contributed by atoms with van der Waals surface area (Å²) in [5, 5.41) is 6.36. The summed E-state index contributed by atoms with van der Waals surface area (Å²) in [6, 6.07) is 50.3. The molecule has 3 heterocycles. The fraction of sp³-hybridized carbons (Fsp3) is 0. The molecule has 0 amide bonds. The van der Waals surface area contributed by atoms with Gasteiger partial charge in [0.15, 0.2) is 5.58 Å². The average molecular weight is 601 g/mol. The van der Waals surface area contributed by atoms with Crippen LogP contribution in [-0.4, -0.2) is 4.57 Å². The van der Waals surface area contributed by atoms with Crippen LogP contribution in [-0.2, 0) is 0 Å². The zero-order chi connectivity index (χ0) is 31.1. The third kappa shape index (κ3) is 3.69. The fourth-order valence-electron chi connectivity index (χ4n) is 7.30. The number of rotatable bonds is 3. The molecule has 0 unspecified atom stereocenters. The van der Waals surface area contributed by atoms with Gasteiger partial charge in [-0.1, -0.05) is 109 Å². The number of furan rings is 2. The Morgan fingerprint density at radius 1 is 0.447 bits per heavy atom. The summed E-state index contributed by atoms with van der Waals surface area (Å²) in [4.78, 5) is 3.96. The third-order valence-electron chi connectivity index (χ3n) is 9.42. The molecule has 0 atom stereocenters. The van der Waals surface area contributed by atoms with E-state index in [0.717, 1.165) is 71.7 Å². The Morgan fingerprint density at radius 3 is 2.04 bits per heavy atom. The highest BCUT2D eigenvalue weighted by Gasteiger charge is 2.21. The Bertz CT molecular complexity index is 2920. The van der Waals surface area contributed by atoms with Crippen LogP contribution in [0.25, 0.3) is 98.5 Å². The highest BCUT2D eigenvalue weighted by Crippen LogP contribution is 2.44. The van der Waals surface area contributed by atoms with Crippen LogP contribution in [0.3, 0.4) is 0 Å². The molecule has 0 aliphatic heterocycles. The molecule has 0 N–H and O–H groups in total. The van der Waals surface area contributed by atoms with E-state index in [0.29, 0.717) is 11.3 Å². The van der Waals surface area contributed by atoms with Gasteiger partial charge in [-0.05, 0) is 53.1 Å². The second-order valence-electron chi connectivity index (χ2n) is 12.0. The number of hydrogen-bond donors (Lipinski definition) is 0. The monoisotopic (exact) mass is 600 g/mol. The van der Waals surface area contributed by atoms with Crippen molar-refractivity contribution in [2.24, 2.45) is 0 Å². The quantitative estimate of drug-likeness (QED) is 0.189. The molecule has 4 heteroatoms. The number of fused-ring (bicyclic) bond motifs is 9. The van der Waals surface area contributed by atoms with Gasteiger partial charge in [0.25, 0.3) is 0 Å². The molecule has 0 fully saturated rings. The summed E-state index contributed by atoms with van der Waals surface area (Å²) in [7, 11) is 0. The van der Waals surface area contributed by atoms with E-state index in [-0.39, 0.29) is 0 Å². The molecule has 0 bridgehead atoms. The van der Waals surface area contributed by atoms with Crippen LogP contribution in [0, 0.1) is 6.57 Å². The van der Waals surface area contributed by atoms with Crippen LogP contribution >= 0.6 is 0 Å². The first-order valence-corrected chi connectivity index (χ1v) is 15.6. The molecule has 3 aromatic heterocycles. The van der Waals surface area contributed by atoms with Crippen molar-refractivity contribution in [3.8, 4) is 27.9 Å². The lowest BCUT2D eigenvalue weighted by Crippen LogP contribution is -1.94. The van der Waals surface area contributed by atoms with E-state index in [1.165, 1.54) is 16.3 Å². The van der Waals surface area contributed by atoms with E-state index in [1.54, 1.807) is 0 Å². The minimum atomic E-state index is 0.473. The average Bonchev–Trinajstić information content (AvgIpc) is 3.81. The van der Waals surface area contributed by atoms with Crippen molar-refractivity contribution in [2.75, 3.05) is 0 Å². The molecule has 0 spiro atoms. The van der Waals surface area contributed by atoms with Crippen molar-refractivity contribution in [1.82, 2.24) is 4.57 Å². The Balaban J connectivity index is 1.25. The molecular formula is C43H24N2O2. The standard InChI is InChI=1S/C43H24N2O2/c1-44-36-24-28(29-15-9-16-33-32-14-6-8-20-40(32)46-41(29)33)23-35-34-17-10-19-38(43(34)47-42(35)36)45-37-18-7-5-13-30(37)31-22-21-27(25-39(31)45)26-11-3-2-4-12-26/h2-25H. The van der Waals surface area contributed by atoms with Crippen LogP contribution in [0.2, 0.25) is 0 Å². The highest BCUT2D eigenvalue weighted by atomic mass is 16.3. The van der Waals surface area contributed by atoms with Gasteiger partial charge in [-0.2, -0.15) is 0 Å². The number of benzene rings is 7. The van der Waals surface area contributed by atoms with Crippen LogP contribution in [0.4, 0.5) is 5.69 Å². The first-order valence-electron chi connectivity index (χ1n) is 15.6. The molecular weight excluding hydrogens is 576 g/mol. The van der Waals surface area contributed by atoms with Gasteiger partial charge in [-0.15, -0.1) is 0 Å². The summed E-state index contributed by atoms with van der Waals surface area (Å²) in [5.74, 6) is 0. The lowest BCUT2D eigenvalue weighted by Gasteiger charge is -2.10. The largest absolute Gasteiger partial charge is 0.465 e. The molecule has 7 aromatic carbocycles. The van der Waals surface area contributed by atoms with Crippen LogP contribution < -0.4 is 0 Å². The normalized spacial score (nSPS) is 11.8. The second kappa shape index (κ2) is 9.71. The van der Waals surface area contributed by atoms with E-state index in [4.69, 9.17) is 15.4 Å². The molecule has 0 saturated heterocycles. The number of para-hydroxylation sites is 4. The predicted octanol–water partition coefficient (Wildman–Crippen LogP) is 12.5. The smallest absolute Gasteiger partial charge is 0.230 e. The number of aromatic nitrogens is 1. The molecule has 0 saturated carbocycles. The summed E-state index contributed by atoms with van der Waals surface area (Å²) < 4.78 is 15.4. The van der Waals surface area contributed by atoms with Crippen LogP contribution in [0.15, 0.2) is 154 Å². The van der Waals surface area contributed by atoms with Gasteiger partial charge in [0.1, 0.15) is 16.7 Å². The molecule has 0 radical (unpaired) electrons. The summed E-state index contributed by atoms with van der Waals surface area (Å²) >= 11 is 0. The first kappa shape index (κ1) is 25.7. The Morgan fingerprint density at radius 2 is 1.17 bits per heavy atom. The van der Waals surface area contributed by atoms with E-state index < -0.39 is 0 Å². The molecule has 0 aliphatic rings. The van der Waals surface area contributed by atoms with E-state index >= 15 is 0 Å². The van der Waals surface area contributed by atoms with Gasteiger partial charge in [-0.25, -0.2) is 4.85 Å². The van der Waals surface area contributed by atoms with Gasteiger partial charge >= 0.3 is 0 Å². The number of hydrogen-bond acceptors (Lipinski definition) is 2. The maximum atomic E-state index is 8.16. The van der Waals surface area contributed by atoms with Crippen molar-refractivity contribution in [3.63, 3.8) is 0 Å². The first-order chi connectivity index (χ1) is 23.3. The lowest BCUT2D eigenvalue weighted by atomic mass is 9.99. The minimum absolute atomic E-state index is 0.473. The van der Waals surface area contributed by atoms with Gasteiger partial charge in [0, 0.05) is 37.9 Å². The van der Waals surface area contributed by atoms with Gasteiger partial charge in [0.05, 0.1) is 23.3 Å². The molecule has 10 aromatic rings. The Kier molecular flexibility index (Phi) is 5.32. The second-order valence-corrected chi connectivity index (χ2v) is 12.0. The SMILES string of the molecule is [C-]#[N+]c1cc(-c2cccc3c2oc2ccccc23)cc2c1oc1c(-n3c4ccccc4c4ccc(-c5ccccc5)cc43)cccc12. The van der Waals surface area contributed by atoms with E-state index in [9.17, 15) is 0 Å². The van der Waals surface area contributed by atoms with Crippen molar-refractivity contribution in [1.29, 1.82) is 0 Å². The van der Waals surface area contributed by atoms with E-state index in [2.05, 4.69) is 125 Å². The van der Waals surface area contributed by atoms with Crippen LogP contribution in [0.1, 0.15) is 0 Å². The van der Waals surface area contributed by atoms with E-state index in [1.807, 2.05) is 30.3 Å². The van der Waals surface area contributed by atoms with Gasteiger partial charge < -0.3 is 13.4 Å². The van der Waals surface area contributed by atoms with Crippen molar-refractivity contribution >= 4 is 71.4 Å². The minimum Gasteiger partial charge on any atom is -0.465 e. The molecule has 10 rings (SSSR count). The maximum absolute atomic E-state index is 8.16. The summed E-state index contributed by atoms with van der Waals surface area (Å²) in [5.41, 5.74) is 10.8. The lowest BCUT2D eigenvalue weighted by molar-refractivity contribution is 0.667. The van der Waals surface area contributed by atoms with Crippen molar-refractivity contribution in [3.05, 3.63) is 157 Å². The topological polar surface area (TPSA) is 35.6 Å². The predicted molar refractivity (Wildman–Crippen MR) is 192 cm³/mol. The van der Waals surface area contributed by atoms with Crippen molar-refractivity contribution in [2.45, 2.75) is 0 Å². The fourth-order valence-corrected chi connectivity index (χ4v) is 7.30. The summed E-state index contributed by atoms with van der Waals surface area (Å²) in [6.45, 7) is 8.16. The zero-order valence-corrected chi connectivity index (χ0v) is 25.1. The van der Waals surface area contributed by atoms with Gasteiger partial charge in [0.2, 0.25) is 5.69 Å². The summed E-state index contributed by atoms with van der Waals surface area (Å²) in [6.07, 6.45) is 0. The maximum Gasteiger partial charge on any atom is 0.230 e. The molecule has 47 heavy (non-hydrogen) atoms. The Hall–Kier alpha value is -6.57. The molecule has 0 aliphatic carbocycles. The van der Waals surface area contributed by atoms with Crippen molar-refractivity contribution < 1.29 is 8.83 Å². The number of nitrogens with zero attached hydrogens (tertiary/aromatic N) is 2. The molecule has 218 valence electrons. The van der Waals surface area contributed by atoms with Gasteiger partial charge in [-0.3, -0.25) is 0 Å². The zero-order valence-electron chi connectivity index (χ0n) is 25.1. The molecule has 4 nitrogen and oxygen atoms in total. The third-order valence-corrected chi connectivity index (χ3v) is 9.42. The van der Waals surface area contributed by atoms with Crippen LogP contribution in [0.5, 0.6) is 0 Å².